The largest absolute Gasteiger partial charge is 0.339 e. The number of carbonyl (C=O) groups excluding carboxylic acids is 1. The van der Waals surface area contributed by atoms with Gasteiger partial charge in [0.1, 0.15) is 6.17 Å². The molecule has 1 amide bonds. The van der Waals surface area contributed by atoms with Crippen LogP contribution >= 0.6 is 78.9 Å². The normalized spacial score (nSPS) is 12.2. The van der Waals surface area contributed by atoms with Gasteiger partial charge < -0.3 is 16.0 Å². The fraction of sp³-hybridized carbons (Fsp3) is 0.222. The van der Waals surface area contributed by atoms with Gasteiger partial charge in [0.25, 0.3) is 0 Å². The van der Waals surface area contributed by atoms with E-state index in [2.05, 4.69) is 47.8 Å². The molecule has 0 saturated heterocycles. The zero-order chi connectivity index (χ0) is 20.9. The smallest absolute Gasteiger partial charge is 0.228 e. The zero-order valence-electron chi connectivity index (χ0n) is 14.5. The van der Waals surface area contributed by atoms with Gasteiger partial charge >= 0.3 is 0 Å². The first-order valence-electron chi connectivity index (χ1n) is 7.99. The average molecular weight is 589 g/mol. The van der Waals surface area contributed by atoms with Gasteiger partial charge in [0.2, 0.25) is 9.70 Å². The fourth-order valence-electron chi connectivity index (χ4n) is 2.29. The van der Waals surface area contributed by atoms with Crippen LogP contribution in [0, 0.1) is 6.92 Å². The molecule has 0 aromatic heterocycles. The Bertz CT molecular complexity index is 840. The van der Waals surface area contributed by atoms with Gasteiger partial charge in [-0.05, 0) is 74.3 Å². The van der Waals surface area contributed by atoms with Gasteiger partial charge in [-0.1, -0.05) is 65.1 Å². The first-order valence-corrected chi connectivity index (χ1v) is 11.1. The maximum absolute atomic E-state index is 12.3. The molecule has 2 rings (SSSR count). The molecular formula is C18H16Br2Cl3N3OS. The summed E-state index contributed by atoms with van der Waals surface area (Å²) in [7, 11) is 0. The molecule has 3 N–H and O–H groups in total. The molecule has 4 nitrogen and oxygen atoms in total. The van der Waals surface area contributed by atoms with E-state index in [4.69, 9.17) is 47.0 Å². The Morgan fingerprint density at radius 1 is 1.11 bits per heavy atom. The molecular weight excluding hydrogens is 572 g/mol. The molecule has 0 fully saturated rings. The van der Waals surface area contributed by atoms with Crippen LogP contribution in [0.2, 0.25) is 0 Å². The van der Waals surface area contributed by atoms with Crippen LogP contribution < -0.4 is 16.0 Å². The third kappa shape index (κ3) is 7.35. The van der Waals surface area contributed by atoms with E-state index in [1.807, 2.05) is 49.4 Å². The summed E-state index contributed by atoms with van der Waals surface area (Å²) >= 11 is 30.4. The number of hydrogen-bond acceptors (Lipinski definition) is 2. The van der Waals surface area contributed by atoms with Crippen molar-refractivity contribution in [2.24, 2.45) is 0 Å². The molecule has 0 unspecified atom stereocenters. The monoisotopic (exact) mass is 585 g/mol. The zero-order valence-corrected chi connectivity index (χ0v) is 20.8. The summed E-state index contributed by atoms with van der Waals surface area (Å²) in [5, 5.41) is 8.72. The third-order valence-electron chi connectivity index (χ3n) is 3.54. The predicted octanol–water partition coefficient (Wildman–Crippen LogP) is 5.86. The van der Waals surface area contributed by atoms with E-state index in [9.17, 15) is 4.79 Å². The summed E-state index contributed by atoms with van der Waals surface area (Å²) in [6, 6.07) is 13.1. The Morgan fingerprint density at radius 3 is 2.21 bits per heavy atom. The molecule has 0 heterocycles. The minimum atomic E-state index is -1.82. The standard InChI is InChI=1S/C18H16Br2Cl3N3OS/c1-10-7-12(19)15(13(20)8-10)25-17(28)26-16(18(21,22)23)24-14(27)9-11-5-3-2-4-6-11/h2-8,16H,9H2,1H3,(H,24,27)(H2,25,26,28)/t16-/m0/s1. The van der Waals surface area contributed by atoms with Crippen LogP contribution in [-0.2, 0) is 11.2 Å². The summed E-state index contributed by atoms with van der Waals surface area (Å²) in [5.41, 5.74) is 2.62. The van der Waals surface area contributed by atoms with Gasteiger partial charge in [-0.15, -0.1) is 0 Å². The molecule has 2 aromatic rings. The highest BCUT2D eigenvalue weighted by Crippen LogP contribution is 2.33. The van der Waals surface area contributed by atoms with Gasteiger partial charge in [0.15, 0.2) is 5.11 Å². The van der Waals surface area contributed by atoms with Crippen LogP contribution in [0.1, 0.15) is 11.1 Å². The number of alkyl halides is 3. The number of rotatable bonds is 5. The van der Waals surface area contributed by atoms with E-state index in [0.717, 1.165) is 20.1 Å². The Hall–Kier alpha value is -0.570. The lowest BCUT2D eigenvalue weighted by molar-refractivity contribution is -0.121. The molecule has 0 aliphatic heterocycles. The second-order valence-electron chi connectivity index (χ2n) is 5.91. The minimum absolute atomic E-state index is 0.148. The van der Waals surface area contributed by atoms with Crippen LogP contribution in [0.5, 0.6) is 0 Å². The van der Waals surface area contributed by atoms with Crippen molar-refractivity contribution in [2.75, 3.05) is 5.32 Å². The summed E-state index contributed by atoms with van der Waals surface area (Å²) < 4.78 is -0.205. The van der Waals surface area contributed by atoms with Crippen molar-refractivity contribution in [3.8, 4) is 0 Å². The minimum Gasteiger partial charge on any atom is -0.339 e. The van der Waals surface area contributed by atoms with E-state index >= 15 is 0 Å². The van der Waals surface area contributed by atoms with Crippen molar-refractivity contribution < 1.29 is 4.79 Å². The Kier molecular flexibility index (Phi) is 8.85. The molecule has 28 heavy (non-hydrogen) atoms. The van der Waals surface area contributed by atoms with Crippen molar-refractivity contribution in [1.82, 2.24) is 10.6 Å². The average Bonchev–Trinajstić information content (AvgIpc) is 2.57. The second-order valence-corrected chi connectivity index (χ2v) is 10.4. The first-order chi connectivity index (χ1) is 13.1. The lowest BCUT2D eigenvalue weighted by Gasteiger charge is -2.28. The van der Waals surface area contributed by atoms with Crippen LogP contribution in [-0.4, -0.2) is 21.0 Å². The number of aryl methyl sites for hydroxylation is 1. The molecule has 0 spiro atoms. The number of benzene rings is 2. The topological polar surface area (TPSA) is 53.2 Å². The summed E-state index contributed by atoms with van der Waals surface area (Å²) in [5.74, 6) is -0.310. The molecule has 0 bridgehead atoms. The number of carbonyl (C=O) groups is 1. The molecule has 150 valence electrons. The summed E-state index contributed by atoms with van der Waals surface area (Å²) in [6.45, 7) is 1.97. The van der Waals surface area contributed by atoms with Gasteiger partial charge in [-0.2, -0.15) is 0 Å². The van der Waals surface area contributed by atoms with Crippen molar-refractivity contribution in [1.29, 1.82) is 0 Å². The molecule has 0 aliphatic rings. The van der Waals surface area contributed by atoms with Gasteiger partial charge in [-0.25, -0.2) is 0 Å². The highest BCUT2D eigenvalue weighted by Gasteiger charge is 2.34. The van der Waals surface area contributed by atoms with Crippen molar-refractivity contribution in [2.45, 2.75) is 23.3 Å². The molecule has 0 saturated carbocycles. The Labute approximate surface area is 200 Å². The summed E-state index contributed by atoms with van der Waals surface area (Å²) in [6.07, 6.45) is -0.883. The first kappa shape index (κ1) is 23.7. The molecule has 2 aromatic carbocycles. The number of nitrogens with one attached hydrogen (secondary N) is 3. The van der Waals surface area contributed by atoms with E-state index in [-0.39, 0.29) is 17.4 Å². The van der Waals surface area contributed by atoms with Crippen molar-refractivity contribution in [3.05, 3.63) is 62.5 Å². The maximum atomic E-state index is 12.3. The Balaban J connectivity index is 2.06. The van der Waals surface area contributed by atoms with Crippen LogP contribution in [0.3, 0.4) is 0 Å². The molecule has 1 atom stereocenters. The number of halogens is 5. The number of hydrogen-bond donors (Lipinski definition) is 3. The number of anilines is 1. The van der Waals surface area contributed by atoms with Gasteiger partial charge in [0, 0.05) is 8.95 Å². The molecule has 0 aliphatic carbocycles. The lowest BCUT2D eigenvalue weighted by atomic mass is 10.1. The van der Waals surface area contributed by atoms with Crippen molar-refractivity contribution in [3.63, 3.8) is 0 Å². The van der Waals surface area contributed by atoms with Crippen LogP contribution in [0.4, 0.5) is 5.69 Å². The van der Waals surface area contributed by atoms with E-state index in [0.29, 0.717) is 5.69 Å². The van der Waals surface area contributed by atoms with Gasteiger partial charge in [-0.3, -0.25) is 4.79 Å². The fourth-order valence-corrected chi connectivity index (χ4v) is 4.45. The molecule has 0 radical (unpaired) electrons. The highest BCUT2D eigenvalue weighted by molar-refractivity contribution is 9.11. The van der Waals surface area contributed by atoms with Crippen molar-refractivity contribution >= 4 is 95.6 Å². The van der Waals surface area contributed by atoms with E-state index < -0.39 is 9.96 Å². The second kappa shape index (κ2) is 10.5. The van der Waals surface area contributed by atoms with Crippen LogP contribution in [0.25, 0.3) is 0 Å². The lowest BCUT2D eigenvalue weighted by Crippen LogP contribution is -2.56. The van der Waals surface area contributed by atoms with E-state index in [1.165, 1.54) is 0 Å². The molecule has 10 heteroatoms. The Morgan fingerprint density at radius 2 is 1.68 bits per heavy atom. The van der Waals surface area contributed by atoms with Crippen LogP contribution in [0.15, 0.2) is 51.4 Å². The summed E-state index contributed by atoms with van der Waals surface area (Å²) in [4.78, 5) is 12.3. The number of thiocarbonyl (C=S) groups is 1. The maximum Gasteiger partial charge on any atom is 0.228 e. The van der Waals surface area contributed by atoms with E-state index in [1.54, 1.807) is 0 Å². The highest BCUT2D eigenvalue weighted by atomic mass is 79.9. The number of amides is 1. The quantitative estimate of drug-likeness (QED) is 0.233. The van der Waals surface area contributed by atoms with Gasteiger partial charge in [0.05, 0.1) is 12.1 Å². The SMILES string of the molecule is Cc1cc(Br)c(NC(=S)N[C@H](NC(=O)Cc2ccccc2)C(Cl)(Cl)Cl)c(Br)c1. The predicted molar refractivity (Wildman–Crippen MR) is 128 cm³/mol. The third-order valence-corrected chi connectivity index (χ3v) is 5.67.